The average molecular weight is 272 g/mol. The largest absolute Gasteiger partial charge is 0.365 e. The molecule has 0 atom stereocenters. The summed E-state index contributed by atoms with van der Waals surface area (Å²) in [5, 5.41) is 3.00. The zero-order chi connectivity index (χ0) is 11.4. The first-order chi connectivity index (χ1) is 6.99. The van der Waals surface area contributed by atoms with Crippen molar-refractivity contribution in [2.75, 3.05) is 11.9 Å². The van der Waals surface area contributed by atoms with E-state index in [1.807, 2.05) is 13.8 Å². The van der Waals surface area contributed by atoms with Crippen LogP contribution >= 0.6 is 15.9 Å². The molecule has 0 saturated carbocycles. The lowest BCUT2D eigenvalue weighted by Gasteiger charge is -2.08. The molecule has 0 saturated heterocycles. The highest BCUT2D eigenvalue weighted by molar-refractivity contribution is 9.11. The van der Waals surface area contributed by atoms with Crippen LogP contribution in [0, 0.1) is 0 Å². The van der Waals surface area contributed by atoms with Gasteiger partial charge in [-0.05, 0) is 0 Å². The summed E-state index contributed by atoms with van der Waals surface area (Å²) in [5.41, 5.74) is -0.142. The molecule has 5 heteroatoms. The lowest BCUT2D eigenvalue weighted by atomic mass is 10.2. The first kappa shape index (κ1) is 12.0. The standard InChI is InChI=1S/C10H14BrN3O/c1-6(2)10-13-8(4-9(15)14-10)12-5-7(3)11/h4,6H,3,5H2,1-2H3,(H2,12,13,14,15). The Morgan fingerprint density at radius 2 is 2.40 bits per heavy atom. The van der Waals surface area contributed by atoms with Crippen LogP contribution in [0.15, 0.2) is 21.9 Å². The minimum absolute atomic E-state index is 0.142. The van der Waals surface area contributed by atoms with Gasteiger partial charge in [-0.2, -0.15) is 0 Å². The molecule has 15 heavy (non-hydrogen) atoms. The Hall–Kier alpha value is -1.10. The predicted octanol–water partition coefficient (Wildman–Crippen LogP) is 2.21. The van der Waals surface area contributed by atoms with E-state index < -0.39 is 0 Å². The Kier molecular flexibility index (Phi) is 4.08. The Morgan fingerprint density at radius 3 is 2.93 bits per heavy atom. The summed E-state index contributed by atoms with van der Waals surface area (Å²) in [6.07, 6.45) is 0. The molecule has 0 aliphatic carbocycles. The average Bonchev–Trinajstić information content (AvgIpc) is 2.13. The van der Waals surface area contributed by atoms with Crippen molar-refractivity contribution in [1.29, 1.82) is 0 Å². The Morgan fingerprint density at radius 1 is 1.73 bits per heavy atom. The fraction of sp³-hybridized carbons (Fsp3) is 0.400. The highest BCUT2D eigenvalue weighted by Gasteiger charge is 2.04. The van der Waals surface area contributed by atoms with Gasteiger partial charge in [0.05, 0.1) is 0 Å². The van der Waals surface area contributed by atoms with Crippen LogP contribution in [0.2, 0.25) is 0 Å². The van der Waals surface area contributed by atoms with E-state index in [1.165, 1.54) is 6.07 Å². The van der Waals surface area contributed by atoms with Crippen molar-refractivity contribution in [3.63, 3.8) is 0 Å². The number of nitrogens with zero attached hydrogens (tertiary/aromatic N) is 1. The van der Waals surface area contributed by atoms with Crippen LogP contribution in [0.25, 0.3) is 0 Å². The van der Waals surface area contributed by atoms with Crippen LogP contribution in [0.4, 0.5) is 5.82 Å². The number of H-pyrrole nitrogens is 1. The summed E-state index contributed by atoms with van der Waals surface area (Å²) in [7, 11) is 0. The number of halogens is 1. The van der Waals surface area contributed by atoms with Crippen molar-refractivity contribution in [3.05, 3.63) is 33.3 Å². The number of aromatic nitrogens is 2. The van der Waals surface area contributed by atoms with E-state index in [-0.39, 0.29) is 11.5 Å². The molecule has 0 radical (unpaired) electrons. The van der Waals surface area contributed by atoms with Crippen LogP contribution in [0.1, 0.15) is 25.6 Å². The quantitative estimate of drug-likeness (QED) is 0.883. The van der Waals surface area contributed by atoms with Gasteiger partial charge in [-0.1, -0.05) is 36.4 Å². The summed E-state index contributed by atoms with van der Waals surface area (Å²) in [5.74, 6) is 1.46. The van der Waals surface area contributed by atoms with Crippen molar-refractivity contribution < 1.29 is 0 Å². The molecular formula is C10H14BrN3O. The van der Waals surface area contributed by atoms with Gasteiger partial charge in [-0.3, -0.25) is 4.79 Å². The third-order valence-corrected chi connectivity index (χ3v) is 2.05. The Balaban J connectivity index is 2.89. The van der Waals surface area contributed by atoms with Crippen LogP contribution < -0.4 is 10.9 Å². The number of aromatic amines is 1. The SMILES string of the molecule is C=C(Br)CNc1cc(=O)[nH]c(C(C)C)n1. The Bertz CT molecular complexity index is 411. The highest BCUT2D eigenvalue weighted by Crippen LogP contribution is 2.09. The summed E-state index contributed by atoms with van der Waals surface area (Å²) in [6.45, 7) is 8.20. The van der Waals surface area contributed by atoms with Gasteiger partial charge in [0.1, 0.15) is 11.6 Å². The van der Waals surface area contributed by atoms with E-state index in [4.69, 9.17) is 0 Å². The molecule has 0 amide bonds. The molecule has 4 nitrogen and oxygen atoms in total. The van der Waals surface area contributed by atoms with Gasteiger partial charge >= 0.3 is 0 Å². The lowest BCUT2D eigenvalue weighted by Crippen LogP contribution is -2.15. The zero-order valence-electron chi connectivity index (χ0n) is 8.80. The van der Waals surface area contributed by atoms with E-state index >= 15 is 0 Å². The molecular weight excluding hydrogens is 258 g/mol. The summed E-state index contributed by atoms with van der Waals surface area (Å²) in [4.78, 5) is 18.3. The van der Waals surface area contributed by atoms with E-state index in [2.05, 4.69) is 37.8 Å². The molecule has 0 unspecified atom stereocenters. The third kappa shape index (κ3) is 3.87. The monoisotopic (exact) mass is 271 g/mol. The van der Waals surface area contributed by atoms with Crippen molar-refractivity contribution in [1.82, 2.24) is 9.97 Å². The van der Waals surface area contributed by atoms with Crippen molar-refractivity contribution in [2.24, 2.45) is 0 Å². The molecule has 82 valence electrons. The second-order valence-corrected chi connectivity index (χ2v) is 4.66. The zero-order valence-corrected chi connectivity index (χ0v) is 10.4. The van der Waals surface area contributed by atoms with Crippen molar-refractivity contribution >= 4 is 21.7 Å². The number of hydrogen-bond donors (Lipinski definition) is 2. The second kappa shape index (κ2) is 5.11. The van der Waals surface area contributed by atoms with Crippen LogP contribution in [0.3, 0.4) is 0 Å². The molecule has 0 bridgehead atoms. The molecule has 2 N–H and O–H groups in total. The van der Waals surface area contributed by atoms with Crippen LogP contribution in [-0.4, -0.2) is 16.5 Å². The number of nitrogens with one attached hydrogen (secondary N) is 2. The van der Waals surface area contributed by atoms with Gasteiger partial charge in [0.25, 0.3) is 5.56 Å². The topological polar surface area (TPSA) is 57.8 Å². The third-order valence-electron chi connectivity index (χ3n) is 1.77. The summed E-state index contributed by atoms with van der Waals surface area (Å²) in [6, 6.07) is 1.43. The van der Waals surface area contributed by atoms with Gasteiger partial charge in [0.2, 0.25) is 0 Å². The molecule has 0 aliphatic rings. The first-order valence-corrected chi connectivity index (χ1v) is 5.46. The van der Waals surface area contributed by atoms with Gasteiger partial charge in [0, 0.05) is 23.0 Å². The smallest absolute Gasteiger partial charge is 0.252 e. The number of hydrogen-bond acceptors (Lipinski definition) is 3. The fourth-order valence-corrected chi connectivity index (χ4v) is 1.17. The maximum atomic E-state index is 11.3. The minimum Gasteiger partial charge on any atom is -0.365 e. The molecule has 0 spiro atoms. The molecule has 0 fully saturated rings. The molecule has 0 aromatic carbocycles. The van der Waals surface area contributed by atoms with Gasteiger partial charge in [0.15, 0.2) is 0 Å². The van der Waals surface area contributed by atoms with E-state index in [0.717, 1.165) is 4.48 Å². The molecule has 0 aliphatic heterocycles. The van der Waals surface area contributed by atoms with Crippen LogP contribution in [0.5, 0.6) is 0 Å². The van der Waals surface area contributed by atoms with Gasteiger partial charge < -0.3 is 10.3 Å². The Labute approximate surface area is 96.9 Å². The molecule has 1 aromatic heterocycles. The number of rotatable bonds is 4. The maximum absolute atomic E-state index is 11.3. The van der Waals surface area contributed by atoms with E-state index in [0.29, 0.717) is 18.2 Å². The van der Waals surface area contributed by atoms with E-state index in [9.17, 15) is 4.79 Å². The van der Waals surface area contributed by atoms with Gasteiger partial charge in [-0.15, -0.1) is 0 Å². The van der Waals surface area contributed by atoms with Crippen molar-refractivity contribution in [2.45, 2.75) is 19.8 Å². The highest BCUT2D eigenvalue weighted by atomic mass is 79.9. The van der Waals surface area contributed by atoms with Crippen LogP contribution in [-0.2, 0) is 0 Å². The minimum atomic E-state index is -0.142. The predicted molar refractivity (Wildman–Crippen MR) is 65.5 cm³/mol. The van der Waals surface area contributed by atoms with Crippen molar-refractivity contribution in [3.8, 4) is 0 Å². The normalized spacial score (nSPS) is 10.4. The number of anilines is 1. The first-order valence-electron chi connectivity index (χ1n) is 4.67. The molecule has 1 heterocycles. The summed E-state index contributed by atoms with van der Waals surface area (Å²) < 4.78 is 0.815. The fourth-order valence-electron chi connectivity index (χ4n) is 1.03. The maximum Gasteiger partial charge on any atom is 0.252 e. The lowest BCUT2D eigenvalue weighted by molar-refractivity contribution is 0.767. The van der Waals surface area contributed by atoms with E-state index in [1.54, 1.807) is 0 Å². The summed E-state index contributed by atoms with van der Waals surface area (Å²) >= 11 is 3.23. The molecule has 1 rings (SSSR count). The molecule has 1 aromatic rings. The second-order valence-electron chi connectivity index (χ2n) is 3.54. The van der Waals surface area contributed by atoms with Gasteiger partial charge in [-0.25, -0.2) is 4.98 Å².